The van der Waals surface area contributed by atoms with Crippen LogP contribution < -0.4 is 15.4 Å². The maximum absolute atomic E-state index is 13.8. The lowest BCUT2D eigenvalue weighted by atomic mass is 10.0. The fourth-order valence-corrected chi connectivity index (χ4v) is 6.21. The number of ether oxygens (including phenoxy) is 1. The molecule has 0 bridgehead atoms. The lowest BCUT2D eigenvalue weighted by molar-refractivity contribution is -0.119. The van der Waals surface area contributed by atoms with Crippen LogP contribution in [-0.4, -0.2) is 75.4 Å². The van der Waals surface area contributed by atoms with E-state index in [9.17, 15) is 22.0 Å². The summed E-state index contributed by atoms with van der Waals surface area (Å²) in [5.41, 5.74) is 6.40. The first-order valence-electron chi connectivity index (χ1n) is 14.3. The maximum atomic E-state index is 13.8. The highest BCUT2D eigenvalue weighted by molar-refractivity contribution is 7.93. The number of nitrogens with zero attached hydrogens (tertiary/aromatic N) is 4. The molecule has 250 valence electrons. The van der Waals surface area contributed by atoms with E-state index in [2.05, 4.69) is 22.2 Å². The molecular formula is C30H43ClF2N5O5PS. The lowest BCUT2D eigenvalue weighted by Gasteiger charge is -2.25. The van der Waals surface area contributed by atoms with Crippen LogP contribution in [0.5, 0.6) is 5.75 Å². The molecule has 0 spiro atoms. The van der Waals surface area contributed by atoms with Crippen LogP contribution in [0.4, 0.5) is 14.5 Å². The Labute approximate surface area is 272 Å². The summed E-state index contributed by atoms with van der Waals surface area (Å²) in [6.07, 6.45) is 3.00. The number of aryl methyl sites for hydroxylation is 1. The monoisotopic (exact) mass is 689 g/mol. The van der Waals surface area contributed by atoms with Crippen molar-refractivity contribution in [1.29, 1.82) is 0 Å². The molecule has 1 aliphatic rings. The van der Waals surface area contributed by atoms with Crippen LogP contribution in [0.15, 0.2) is 58.6 Å². The summed E-state index contributed by atoms with van der Waals surface area (Å²) in [6.45, 7) is 11.6. The highest BCUT2D eigenvalue weighted by atomic mass is 35.5. The van der Waals surface area contributed by atoms with Gasteiger partial charge >= 0.3 is 5.85 Å². The molecule has 2 unspecified atom stereocenters. The molecule has 1 heterocycles. The molecule has 2 aromatic rings. The number of aliphatic imine (C=N–C) groups is 1. The van der Waals surface area contributed by atoms with Crippen LogP contribution in [0.3, 0.4) is 0 Å². The minimum atomic E-state index is -3.87. The van der Waals surface area contributed by atoms with E-state index in [0.29, 0.717) is 35.7 Å². The number of benzene rings is 2. The van der Waals surface area contributed by atoms with Crippen molar-refractivity contribution in [2.24, 2.45) is 10.7 Å². The van der Waals surface area contributed by atoms with Crippen molar-refractivity contribution in [3.05, 3.63) is 69.7 Å². The van der Waals surface area contributed by atoms with Gasteiger partial charge in [-0.05, 0) is 76.7 Å². The van der Waals surface area contributed by atoms with Crippen molar-refractivity contribution in [3.8, 4) is 5.75 Å². The molecule has 0 aromatic heterocycles. The Kier molecular flexibility index (Phi) is 16.8. The summed E-state index contributed by atoms with van der Waals surface area (Å²) >= 11 is 6.34. The van der Waals surface area contributed by atoms with Gasteiger partial charge in [0.15, 0.2) is 0 Å². The fraction of sp³-hybridized carbons (Fsp3) is 0.433. The first-order valence-corrected chi connectivity index (χ1v) is 16.7. The molecule has 2 atom stereocenters. The van der Waals surface area contributed by atoms with E-state index < -0.39 is 21.9 Å². The first kappa shape index (κ1) is 40.1. The molecule has 1 saturated heterocycles. The van der Waals surface area contributed by atoms with E-state index in [4.69, 9.17) is 16.4 Å². The number of hydrogen-bond donors (Lipinski definition) is 1. The number of amides is 2. The lowest BCUT2D eigenvalue weighted by Crippen LogP contribution is -2.39. The third-order valence-electron chi connectivity index (χ3n) is 6.46. The summed E-state index contributed by atoms with van der Waals surface area (Å²) in [7, 11) is -1.06. The maximum Gasteiger partial charge on any atom is 0.408 e. The van der Waals surface area contributed by atoms with Gasteiger partial charge in [0, 0.05) is 37.0 Å². The average molecular weight is 690 g/mol. The number of hydrogen-bond acceptors (Lipinski definition) is 7. The predicted octanol–water partition coefficient (Wildman–Crippen LogP) is 5.27. The normalized spacial score (nSPS) is 15.6. The zero-order valence-electron chi connectivity index (χ0n) is 26.3. The van der Waals surface area contributed by atoms with Crippen molar-refractivity contribution in [2.75, 3.05) is 31.7 Å². The summed E-state index contributed by atoms with van der Waals surface area (Å²) in [4.78, 5) is 29.5. The number of sulfonamides is 1. The number of halogens is 3. The number of nitrogens with two attached hydrogens (primary N) is 1. The molecule has 2 amide bonds. The molecule has 0 radical (unpaired) electrons. The quantitative estimate of drug-likeness (QED) is 0.174. The molecule has 10 nitrogen and oxygen atoms in total. The Bertz CT molecular complexity index is 1410. The number of rotatable bonds is 13. The average Bonchev–Trinajstić information content (AvgIpc) is 3.28. The summed E-state index contributed by atoms with van der Waals surface area (Å²) in [5.74, 6) is -3.68. The van der Waals surface area contributed by atoms with Gasteiger partial charge in [0.25, 0.3) is 0 Å². The second-order valence-electron chi connectivity index (χ2n) is 9.59. The Hall–Kier alpha value is -2.96. The van der Waals surface area contributed by atoms with E-state index in [1.165, 1.54) is 38.9 Å². The Morgan fingerprint density at radius 3 is 2.33 bits per heavy atom. The van der Waals surface area contributed by atoms with E-state index >= 15 is 0 Å². The zero-order chi connectivity index (χ0) is 34.4. The van der Waals surface area contributed by atoms with Crippen LogP contribution in [-0.2, 0) is 32.5 Å². The van der Waals surface area contributed by atoms with Gasteiger partial charge in [0.2, 0.25) is 22.3 Å². The third-order valence-corrected chi connectivity index (χ3v) is 8.69. The van der Waals surface area contributed by atoms with Crippen LogP contribution in [0, 0.1) is 0 Å². The predicted molar refractivity (Wildman–Crippen MR) is 180 cm³/mol. The van der Waals surface area contributed by atoms with Crippen molar-refractivity contribution >= 4 is 55.6 Å². The molecule has 15 heteroatoms. The highest BCUT2D eigenvalue weighted by Gasteiger charge is 2.41. The van der Waals surface area contributed by atoms with Crippen molar-refractivity contribution in [3.63, 3.8) is 0 Å². The van der Waals surface area contributed by atoms with Crippen molar-refractivity contribution < 1.29 is 31.5 Å². The van der Waals surface area contributed by atoms with Crippen molar-refractivity contribution in [1.82, 2.24) is 9.21 Å². The molecular weight excluding hydrogens is 647 g/mol. The van der Waals surface area contributed by atoms with Gasteiger partial charge in [0.05, 0.1) is 17.6 Å². The second kappa shape index (κ2) is 18.9. The number of anilines is 1. The second-order valence-corrected chi connectivity index (χ2v) is 12.8. The van der Waals surface area contributed by atoms with Gasteiger partial charge in [-0.3, -0.25) is 24.4 Å². The van der Waals surface area contributed by atoms with E-state index in [0.717, 1.165) is 5.56 Å². The minimum Gasteiger partial charge on any atom is -0.430 e. The molecule has 3 rings (SSSR count). The molecule has 2 N–H and O–H groups in total. The summed E-state index contributed by atoms with van der Waals surface area (Å²) in [6, 6.07) is 10.7. The van der Waals surface area contributed by atoms with Crippen LogP contribution in [0.1, 0.15) is 45.2 Å². The number of carbonyl (C=O) groups excluding carboxylic acids is 2. The number of primary amides is 1. The minimum absolute atomic E-state index is 0.00451. The van der Waals surface area contributed by atoms with Gasteiger partial charge in [0.1, 0.15) is 5.75 Å². The largest absolute Gasteiger partial charge is 0.430 e. The molecule has 2 aromatic carbocycles. The van der Waals surface area contributed by atoms with Gasteiger partial charge in [-0.25, -0.2) is 12.7 Å². The summed E-state index contributed by atoms with van der Waals surface area (Å²) in [5, 5.41) is 0.485. The van der Waals surface area contributed by atoms with E-state index in [1.54, 1.807) is 28.0 Å². The molecule has 45 heavy (non-hydrogen) atoms. The molecule has 1 aliphatic heterocycles. The van der Waals surface area contributed by atoms with Crippen LogP contribution in [0.25, 0.3) is 0 Å². The molecule has 1 fully saturated rings. The van der Waals surface area contributed by atoms with Gasteiger partial charge in [-0.2, -0.15) is 8.78 Å². The molecule has 0 saturated carbocycles. The number of alkyl halides is 2. The molecule has 0 aliphatic carbocycles. The SMILES string of the molecule is C=N/C=C(\CN1CN(c2cc(Cl)cc(CC)c2)C(=O)C1Cc1ccc(OC(F)(F)P)cc1)S(=O)(=O)N(C)CCC.CC.NC=O. The van der Waals surface area contributed by atoms with Crippen LogP contribution >= 0.6 is 20.8 Å². The Morgan fingerprint density at radius 2 is 1.82 bits per heavy atom. The zero-order valence-corrected chi connectivity index (χ0v) is 29.0. The van der Waals surface area contributed by atoms with E-state index in [1.807, 2.05) is 39.8 Å². The van der Waals surface area contributed by atoms with Crippen LogP contribution in [0.2, 0.25) is 5.02 Å². The van der Waals surface area contributed by atoms with Gasteiger partial charge < -0.3 is 10.5 Å². The smallest absolute Gasteiger partial charge is 0.408 e. The van der Waals surface area contributed by atoms with E-state index in [-0.39, 0.29) is 42.6 Å². The van der Waals surface area contributed by atoms with Gasteiger partial charge in [-0.15, -0.1) is 0 Å². The third kappa shape index (κ3) is 12.1. The summed E-state index contributed by atoms with van der Waals surface area (Å²) < 4.78 is 58.9. The fourth-order valence-electron chi connectivity index (χ4n) is 4.46. The number of carbonyl (C=O) groups is 2. The Balaban J connectivity index is 0.00000191. The first-order chi connectivity index (χ1) is 21.2. The standard InChI is InChI=1S/C27H34ClF2N4O4PS.C2H6.CH3NO/c1-5-11-32(4)40(36,37)24(16-31-3)17-33-18-34(22-13-19(6-2)12-21(28)15-22)26(35)25(33)14-20-7-9-23(10-8-20)38-27(29,30)39;1-2;2-1-3/h7-10,12-13,15-16,25H,3,5-6,11,14,17-18,39H2,1-2,4H3;1-2H3;1H,(H2,2,3)/b24-16+;;. The Morgan fingerprint density at radius 1 is 1.22 bits per heavy atom. The highest BCUT2D eigenvalue weighted by Crippen LogP contribution is 2.31. The van der Waals surface area contributed by atoms with Gasteiger partial charge in [-0.1, -0.05) is 51.4 Å². The topological polar surface area (TPSA) is 126 Å². The van der Waals surface area contributed by atoms with Crippen molar-refractivity contribution in [2.45, 2.75) is 58.8 Å².